The Morgan fingerprint density at radius 2 is 1.48 bits per heavy atom. The summed E-state index contributed by atoms with van der Waals surface area (Å²) in [5.74, 6) is -2.30. The van der Waals surface area contributed by atoms with E-state index in [1.807, 2.05) is 45.9 Å². The monoisotopic (exact) mass is 422 g/mol. The number of aryl methyl sites for hydroxylation is 2. The van der Waals surface area contributed by atoms with Gasteiger partial charge in [0.05, 0.1) is 11.1 Å². The van der Waals surface area contributed by atoms with E-state index in [4.69, 9.17) is 4.74 Å². The molecule has 2 aromatic carbocycles. The molecule has 3 amide bonds. The average molecular weight is 422 g/mol. The van der Waals surface area contributed by atoms with Crippen molar-refractivity contribution in [3.05, 3.63) is 64.7 Å². The molecule has 0 saturated heterocycles. The minimum absolute atomic E-state index is 0.0188. The number of benzene rings is 2. The van der Waals surface area contributed by atoms with Gasteiger partial charge in [0.15, 0.2) is 6.61 Å². The lowest BCUT2D eigenvalue weighted by atomic mass is 10.0. The van der Waals surface area contributed by atoms with E-state index in [1.54, 1.807) is 24.3 Å². The Morgan fingerprint density at radius 1 is 0.935 bits per heavy atom. The highest BCUT2D eigenvalue weighted by molar-refractivity contribution is 6.22. The summed E-state index contributed by atoms with van der Waals surface area (Å²) >= 11 is 0. The summed E-state index contributed by atoms with van der Waals surface area (Å²) in [7, 11) is 0. The third kappa shape index (κ3) is 4.66. The van der Waals surface area contributed by atoms with Crippen LogP contribution in [-0.2, 0) is 14.3 Å². The van der Waals surface area contributed by atoms with Gasteiger partial charge < -0.3 is 10.1 Å². The Morgan fingerprint density at radius 3 is 2.00 bits per heavy atom. The molecule has 0 bridgehead atoms. The van der Waals surface area contributed by atoms with Gasteiger partial charge in [0.2, 0.25) is 0 Å². The Balaban J connectivity index is 1.72. The van der Waals surface area contributed by atoms with Crippen LogP contribution in [0.1, 0.15) is 52.1 Å². The van der Waals surface area contributed by atoms with E-state index in [1.165, 1.54) is 0 Å². The number of carbonyl (C=O) groups excluding carboxylic acids is 4. The quantitative estimate of drug-likeness (QED) is 0.545. The zero-order valence-electron chi connectivity index (χ0n) is 18.1. The van der Waals surface area contributed by atoms with Crippen LogP contribution in [0.25, 0.3) is 0 Å². The second kappa shape index (κ2) is 9.12. The molecule has 2 aromatic rings. The van der Waals surface area contributed by atoms with Gasteiger partial charge in [-0.3, -0.25) is 19.3 Å². The molecule has 0 fully saturated rings. The zero-order valence-corrected chi connectivity index (χ0v) is 18.1. The van der Waals surface area contributed by atoms with Crippen molar-refractivity contribution in [2.75, 3.05) is 11.9 Å². The number of amides is 3. The first-order chi connectivity index (χ1) is 14.7. The van der Waals surface area contributed by atoms with E-state index in [0.717, 1.165) is 16.0 Å². The molecular weight excluding hydrogens is 396 g/mol. The van der Waals surface area contributed by atoms with Crippen LogP contribution in [-0.4, -0.2) is 41.2 Å². The first kappa shape index (κ1) is 22.2. The van der Waals surface area contributed by atoms with Gasteiger partial charge in [-0.25, -0.2) is 4.79 Å². The molecule has 1 N–H and O–H groups in total. The Kier molecular flexibility index (Phi) is 6.53. The predicted molar refractivity (Wildman–Crippen MR) is 116 cm³/mol. The van der Waals surface area contributed by atoms with Gasteiger partial charge in [-0.15, -0.1) is 0 Å². The number of carbonyl (C=O) groups is 4. The number of imide groups is 1. The minimum atomic E-state index is -1.10. The second-order valence-corrected chi connectivity index (χ2v) is 8.09. The summed E-state index contributed by atoms with van der Waals surface area (Å²) in [5.41, 5.74) is 2.98. The molecule has 0 spiro atoms. The molecule has 31 heavy (non-hydrogen) atoms. The van der Waals surface area contributed by atoms with Crippen LogP contribution in [0, 0.1) is 19.8 Å². The van der Waals surface area contributed by atoms with Gasteiger partial charge >= 0.3 is 5.97 Å². The maximum Gasteiger partial charge on any atom is 0.329 e. The van der Waals surface area contributed by atoms with Crippen LogP contribution in [0.4, 0.5) is 5.69 Å². The van der Waals surface area contributed by atoms with Crippen LogP contribution < -0.4 is 5.32 Å². The number of anilines is 1. The van der Waals surface area contributed by atoms with E-state index in [9.17, 15) is 19.2 Å². The smallest absolute Gasteiger partial charge is 0.329 e. The van der Waals surface area contributed by atoms with E-state index < -0.39 is 36.3 Å². The third-order valence-electron chi connectivity index (χ3n) is 5.19. The van der Waals surface area contributed by atoms with Crippen LogP contribution in [0.5, 0.6) is 0 Å². The first-order valence-electron chi connectivity index (χ1n) is 10.2. The van der Waals surface area contributed by atoms with Gasteiger partial charge in [0, 0.05) is 5.69 Å². The molecule has 1 atom stereocenters. The maximum absolute atomic E-state index is 12.9. The summed E-state index contributed by atoms with van der Waals surface area (Å²) in [4.78, 5) is 51.8. The number of fused-ring (bicyclic) bond motifs is 1. The lowest BCUT2D eigenvalue weighted by Gasteiger charge is -2.26. The summed E-state index contributed by atoms with van der Waals surface area (Å²) < 4.78 is 5.23. The Bertz CT molecular complexity index is 989. The molecule has 0 unspecified atom stereocenters. The number of esters is 1. The zero-order chi connectivity index (χ0) is 22.7. The fourth-order valence-electron chi connectivity index (χ4n) is 3.66. The lowest BCUT2D eigenvalue weighted by Crippen LogP contribution is -2.46. The molecular formula is C24H26N2O5. The topological polar surface area (TPSA) is 92.8 Å². The molecule has 3 rings (SSSR count). The van der Waals surface area contributed by atoms with Crippen molar-refractivity contribution in [1.82, 2.24) is 4.90 Å². The van der Waals surface area contributed by atoms with Crippen LogP contribution >= 0.6 is 0 Å². The van der Waals surface area contributed by atoms with Gasteiger partial charge in [-0.1, -0.05) is 44.2 Å². The maximum atomic E-state index is 12.9. The van der Waals surface area contributed by atoms with E-state index in [2.05, 4.69) is 5.32 Å². The van der Waals surface area contributed by atoms with E-state index in [-0.39, 0.29) is 23.5 Å². The molecule has 1 aliphatic rings. The van der Waals surface area contributed by atoms with Crippen molar-refractivity contribution < 1.29 is 23.9 Å². The molecule has 7 heteroatoms. The third-order valence-corrected chi connectivity index (χ3v) is 5.19. The van der Waals surface area contributed by atoms with Crippen molar-refractivity contribution >= 4 is 29.4 Å². The molecule has 0 radical (unpaired) electrons. The summed E-state index contributed by atoms with van der Waals surface area (Å²) in [5, 5.41) is 2.75. The standard InChI is InChI=1S/C24H26N2O5/c1-14(2)12-19(26-22(28)17-10-5-6-11-18(17)23(26)29)24(30)31-13-20(27)25-21-15(3)8-7-9-16(21)4/h5-11,14,19H,12-13H2,1-4H3,(H,25,27)/t19-/m1/s1. The summed E-state index contributed by atoms with van der Waals surface area (Å²) in [6, 6.07) is 11.0. The highest BCUT2D eigenvalue weighted by atomic mass is 16.5. The Labute approximate surface area is 181 Å². The highest BCUT2D eigenvalue weighted by Gasteiger charge is 2.43. The normalized spacial score (nSPS) is 13.9. The van der Waals surface area contributed by atoms with Crippen LogP contribution in [0.15, 0.2) is 42.5 Å². The molecule has 7 nitrogen and oxygen atoms in total. The lowest BCUT2D eigenvalue weighted by molar-refractivity contribution is -0.151. The molecule has 1 heterocycles. The number of rotatable bonds is 7. The Hall–Kier alpha value is -3.48. The summed E-state index contributed by atoms with van der Waals surface area (Å²) in [6.45, 7) is 6.99. The van der Waals surface area contributed by atoms with Crippen molar-refractivity contribution in [1.29, 1.82) is 0 Å². The van der Waals surface area contributed by atoms with Gasteiger partial charge in [0.1, 0.15) is 6.04 Å². The van der Waals surface area contributed by atoms with E-state index in [0.29, 0.717) is 5.69 Å². The molecule has 0 aromatic heterocycles. The number of nitrogens with one attached hydrogen (secondary N) is 1. The number of hydrogen-bond donors (Lipinski definition) is 1. The van der Waals surface area contributed by atoms with Gasteiger partial charge in [0.25, 0.3) is 17.7 Å². The molecule has 162 valence electrons. The first-order valence-corrected chi connectivity index (χ1v) is 10.2. The largest absolute Gasteiger partial charge is 0.454 e. The number of ether oxygens (including phenoxy) is 1. The predicted octanol–water partition coefficient (Wildman–Crippen LogP) is 3.50. The van der Waals surface area contributed by atoms with Crippen molar-refractivity contribution in [2.24, 2.45) is 5.92 Å². The highest BCUT2D eigenvalue weighted by Crippen LogP contribution is 2.27. The fourth-order valence-corrected chi connectivity index (χ4v) is 3.66. The summed E-state index contributed by atoms with van der Waals surface area (Å²) in [6.07, 6.45) is 0.239. The second-order valence-electron chi connectivity index (χ2n) is 8.09. The van der Waals surface area contributed by atoms with Crippen LogP contribution in [0.2, 0.25) is 0 Å². The SMILES string of the molecule is Cc1cccc(C)c1NC(=O)COC(=O)[C@@H](CC(C)C)N1C(=O)c2ccccc2C1=O. The minimum Gasteiger partial charge on any atom is -0.454 e. The van der Waals surface area contributed by atoms with E-state index >= 15 is 0 Å². The number of hydrogen-bond acceptors (Lipinski definition) is 5. The molecule has 1 aliphatic heterocycles. The molecule has 0 aliphatic carbocycles. The van der Waals surface area contributed by atoms with Crippen molar-refractivity contribution in [3.8, 4) is 0 Å². The van der Waals surface area contributed by atoms with Crippen LogP contribution in [0.3, 0.4) is 0 Å². The number of nitrogens with zero attached hydrogens (tertiary/aromatic N) is 1. The van der Waals surface area contributed by atoms with Crippen molar-refractivity contribution in [2.45, 2.75) is 40.2 Å². The van der Waals surface area contributed by atoms with Crippen molar-refractivity contribution in [3.63, 3.8) is 0 Å². The molecule has 0 saturated carbocycles. The average Bonchev–Trinajstić information content (AvgIpc) is 2.98. The van der Waals surface area contributed by atoms with Gasteiger partial charge in [-0.2, -0.15) is 0 Å². The van der Waals surface area contributed by atoms with Gasteiger partial charge in [-0.05, 0) is 49.4 Å². The fraction of sp³-hybridized carbons (Fsp3) is 0.333. The number of para-hydroxylation sites is 1.